The van der Waals surface area contributed by atoms with E-state index >= 15 is 0 Å². The second-order valence-electron chi connectivity index (χ2n) is 7.25. The van der Waals surface area contributed by atoms with Crippen molar-refractivity contribution < 1.29 is 14.6 Å². The summed E-state index contributed by atoms with van der Waals surface area (Å²) in [6.07, 6.45) is 0.781. The largest absolute Gasteiger partial charge is 0.444 e. The van der Waals surface area contributed by atoms with Gasteiger partial charge in [-0.15, -0.1) is 0 Å². The van der Waals surface area contributed by atoms with Crippen LogP contribution in [0.2, 0.25) is 0 Å². The van der Waals surface area contributed by atoms with Crippen molar-refractivity contribution in [3.05, 3.63) is 34.9 Å². The maximum atomic E-state index is 12.1. The number of rotatable bonds is 1. The van der Waals surface area contributed by atoms with E-state index < -0.39 is 11.2 Å². The van der Waals surface area contributed by atoms with Gasteiger partial charge in [-0.25, -0.2) is 4.79 Å². The van der Waals surface area contributed by atoms with E-state index in [2.05, 4.69) is 13.0 Å². The molecule has 122 valence electrons. The van der Waals surface area contributed by atoms with Crippen LogP contribution in [0.3, 0.4) is 0 Å². The lowest BCUT2D eigenvalue weighted by Gasteiger charge is -2.39. The van der Waals surface area contributed by atoms with Crippen LogP contribution in [-0.4, -0.2) is 34.8 Å². The monoisotopic (exact) mass is 305 g/mol. The van der Waals surface area contributed by atoms with Crippen LogP contribution < -0.4 is 0 Å². The summed E-state index contributed by atoms with van der Waals surface area (Å²) in [5.41, 5.74) is 1.96. The second-order valence-corrected chi connectivity index (χ2v) is 7.25. The number of benzene rings is 1. The molecular formula is C18H27NO3. The quantitative estimate of drug-likeness (QED) is 0.863. The minimum atomic E-state index is -0.853. The molecule has 4 heteroatoms. The molecule has 1 heterocycles. The topological polar surface area (TPSA) is 49.8 Å². The smallest absolute Gasteiger partial charge is 0.410 e. The summed E-state index contributed by atoms with van der Waals surface area (Å²) in [6, 6.07) is 6.03. The van der Waals surface area contributed by atoms with Gasteiger partial charge in [0.05, 0.1) is 5.60 Å². The van der Waals surface area contributed by atoms with E-state index in [-0.39, 0.29) is 6.09 Å². The highest BCUT2D eigenvalue weighted by atomic mass is 16.6. The number of piperidine rings is 1. The Morgan fingerprint density at radius 3 is 2.36 bits per heavy atom. The minimum absolute atomic E-state index is 0.296. The molecule has 1 N–H and O–H groups in total. The van der Waals surface area contributed by atoms with Gasteiger partial charge in [-0.05, 0) is 64.2 Å². The van der Waals surface area contributed by atoms with Crippen molar-refractivity contribution >= 4 is 6.09 Å². The van der Waals surface area contributed by atoms with Gasteiger partial charge >= 0.3 is 6.09 Å². The number of aliphatic hydroxyl groups is 1. The molecule has 1 amide bonds. The van der Waals surface area contributed by atoms with Crippen LogP contribution in [0, 0.1) is 13.8 Å². The average molecular weight is 305 g/mol. The number of hydrogen-bond donors (Lipinski definition) is 1. The summed E-state index contributed by atoms with van der Waals surface area (Å²) < 4.78 is 5.40. The number of carbonyl (C=O) groups is 1. The number of ether oxygens (including phenoxy) is 1. The molecule has 0 atom stereocenters. The zero-order valence-electron chi connectivity index (χ0n) is 14.3. The fourth-order valence-electron chi connectivity index (χ4n) is 2.91. The molecule has 0 saturated carbocycles. The Bertz CT molecular complexity index is 552. The molecule has 0 spiro atoms. The van der Waals surface area contributed by atoms with E-state index in [0.717, 1.165) is 11.1 Å². The second kappa shape index (κ2) is 5.92. The summed E-state index contributed by atoms with van der Waals surface area (Å²) in [5, 5.41) is 11.0. The Balaban J connectivity index is 2.08. The molecule has 1 fully saturated rings. The molecule has 2 rings (SSSR count). The molecule has 1 aliphatic heterocycles. The summed E-state index contributed by atoms with van der Waals surface area (Å²) >= 11 is 0. The van der Waals surface area contributed by atoms with Gasteiger partial charge in [-0.3, -0.25) is 0 Å². The van der Waals surface area contributed by atoms with Crippen LogP contribution >= 0.6 is 0 Å². The Labute approximate surface area is 133 Å². The molecule has 22 heavy (non-hydrogen) atoms. The first-order valence-electron chi connectivity index (χ1n) is 7.89. The number of aryl methyl sites for hydroxylation is 1. The van der Waals surface area contributed by atoms with Gasteiger partial charge in [-0.2, -0.15) is 0 Å². The molecule has 0 aromatic heterocycles. The third-order valence-electron chi connectivity index (χ3n) is 4.35. The minimum Gasteiger partial charge on any atom is -0.444 e. The van der Waals surface area contributed by atoms with Gasteiger partial charge in [0.2, 0.25) is 0 Å². The first kappa shape index (κ1) is 16.8. The van der Waals surface area contributed by atoms with Crippen molar-refractivity contribution in [3.63, 3.8) is 0 Å². The molecule has 1 aromatic rings. The van der Waals surface area contributed by atoms with Crippen LogP contribution in [0.25, 0.3) is 0 Å². The van der Waals surface area contributed by atoms with E-state index in [1.807, 2.05) is 39.8 Å². The van der Waals surface area contributed by atoms with E-state index in [1.54, 1.807) is 4.90 Å². The predicted molar refractivity (Wildman–Crippen MR) is 86.9 cm³/mol. The molecule has 0 aliphatic carbocycles. The molecule has 1 aromatic carbocycles. The van der Waals surface area contributed by atoms with Gasteiger partial charge in [0.1, 0.15) is 5.60 Å². The maximum Gasteiger partial charge on any atom is 0.410 e. The van der Waals surface area contributed by atoms with E-state index in [4.69, 9.17) is 4.74 Å². The highest BCUT2D eigenvalue weighted by molar-refractivity contribution is 5.68. The molecule has 1 saturated heterocycles. The third-order valence-corrected chi connectivity index (χ3v) is 4.35. The van der Waals surface area contributed by atoms with Crippen molar-refractivity contribution in [2.75, 3.05) is 13.1 Å². The first-order chi connectivity index (χ1) is 10.1. The van der Waals surface area contributed by atoms with Gasteiger partial charge in [-0.1, -0.05) is 18.2 Å². The highest BCUT2D eigenvalue weighted by Crippen LogP contribution is 2.35. The molecule has 0 unspecified atom stereocenters. The Hall–Kier alpha value is -1.55. The lowest BCUT2D eigenvalue weighted by atomic mass is 9.81. The average Bonchev–Trinajstić information content (AvgIpc) is 2.40. The van der Waals surface area contributed by atoms with E-state index in [9.17, 15) is 9.90 Å². The van der Waals surface area contributed by atoms with Gasteiger partial charge in [0, 0.05) is 13.1 Å². The van der Waals surface area contributed by atoms with Crippen molar-refractivity contribution in [2.24, 2.45) is 0 Å². The molecule has 0 radical (unpaired) electrons. The lowest BCUT2D eigenvalue weighted by Crippen LogP contribution is -2.47. The Kier molecular flexibility index (Phi) is 4.52. The number of amides is 1. The van der Waals surface area contributed by atoms with Crippen molar-refractivity contribution in [2.45, 2.75) is 58.7 Å². The van der Waals surface area contributed by atoms with Gasteiger partial charge in [0.15, 0.2) is 0 Å². The number of nitrogens with zero attached hydrogens (tertiary/aromatic N) is 1. The van der Waals surface area contributed by atoms with E-state index in [1.165, 1.54) is 5.56 Å². The van der Waals surface area contributed by atoms with Crippen LogP contribution in [0.4, 0.5) is 4.79 Å². The van der Waals surface area contributed by atoms with Crippen molar-refractivity contribution in [1.82, 2.24) is 4.90 Å². The molecule has 4 nitrogen and oxygen atoms in total. The SMILES string of the molecule is Cc1cccc(C2(O)CCN(C(=O)OC(C)(C)C)CC2)c1C. The Morgan fingerprint density at radius 2 is 1.82 bits per heavy atom. The number of hydrogen-bond acceptors (Lipinski definition) is 3. The number of likely N-dealkylation sites (tertiary alicyclic amines) is 1. The Morgan fingerprint density at radius 1 is 1.23 bits per heavy atom. The predicted octanol–water partition coefficient (Wildman–Crippen LogP) is 3.52. The first-order valence-corrected chi connectivity index (χ1v) is 7.89. The summed E-state index contributed by atoms with van der Waals surface area (Å²) in [5.74, 6) is 0. The summed E-state index contributed by atoms with van der Waals surface area (Å²) in [7, 11) is 0. The fraction of sp³-hybridized carbons (Fsp3) is 0.611. The van der Waals surface area contributed by atoms with Crippen molar-refractivity contribution in [1.29, 1.82) is 0 Å². The zero-order chi connectivity index (χ0) is 16.5. The van der Waals surface area contributed by atoms with Crippen LogP contribution in [-0.2, 0) is 10.3 Å². The lowest BCUT2D eigenvalue weighted by molar-refractivity contribution is -0.0359. The van der Waals surface area contributed by atoms with Crippen LogP contribution in [0.1, 0.15) is 50.3 Å². The van der Waals surface area contributed by atoms with Gasteiger partial charge in [0.25, 0.3) is 0 Å². The molecule has 0 bridgehead atoms. The van der Waals surface area contributed by atoms with Crippen molar-refractivity contribution in [3.8, 4) is 0 Å². The highest BCUT2D eigenvalue weighted by Gasteiger charge is 2.37. The summed E-state index contributed by atoms with van der Waals surface area (Å²) in [6.45, 7) is 10.7. The third kappa shape index (κ3) is 3.61. The van der Waals surface area contributed by atoms with Crippen LogP contribution in [0.15, 0.2) is 18.2 Å². The maximum absolute atomic E-state index is 12.1. The molecular weight excluding hydrogens is 278 g/mol. The molecule has 1 aliphatic rings. The normalized spacial score (nSPS) is 18.2. The standard InChI is InChI=1S/C18H27NO3/c1-13-7-6-8-15(14(13)2)18(21)9-11-19(12-10-18)16(20)22-17(3,4)5/h6-8,21H,9-12H2,1-5H3. The van der Waals surface area contributed by atoms with Crippen LogP contribution in [0.5, 0.6) is 0 Å². The van der Waals surface area contributed by atoms with E-state index in [0.29, 0.717) is 25.9 Å². The fourth-order valence-corrected chi connectivity index (χ4v) is 2.91. The zero-order valence-corrected chi connectivity index (χ0v) is 14.3. The van der Waals surface area contributed by atoms with Gasteiger partial charge < -0.3 is 14.7 Å². The number of carbonyl (C=O) groups excluding carboxylic acids is 1. The summed E-state index contributed by atoms with van der Waals surface area (Å²) in [4.78, 5) is 13.8.